The summed E-state index contributed by atoms with van der Waals surface area (Å²) in [6.45, 7) is 1.21. The first kappa shape index (κ1) is 13.5. The number of hydrogen-bond donors (Lipinski definition) is 3. The number of rotatable bonds is 5. The largest absolute Gasteiger partial charge is 0.425 e. The van der Waals surface area contributed by atoms with Crippen molar-refractivity contribution in [3.8, 4) is 11.8 Å². The molecule has 0 saturated heterocycles. The maximum absolute atomic E-state index is 9.38. The fourth-order valence-electron chi connectivity index (χ4n) is 1.87. The molecule has 6 heteroatoms. The van der Waals surface area contributed by atoms with E-state index in [0.717, 1.165) is 0 Å². The van der Waals surface area contributed by atoms with Gasteiger partial charge in [0.2, 0.25) is 0 Å². The number of para-hydroxylation sites is 1. The lowest BCUT2D eigenvalue weighted by atomic mass is 10.3. The molecule has 4 N–H and O–H groups in total. The van der Waals surface area contributed by atoms with Crippen molar-refractivity contribution in [1.29, 1.82) is 0 Å². The third-order valence-corrected chi connectivity index (χ3v) is 2.72. The summed E-state index contributed by atoms with van der Waals surface area (Å²) < 4.78 is 7.21. The number of nitrogens with zero attached hydrogens (tertiary/aromatic N) is 2. The Morgan fingerprint density at radius 1 is 1.26 bits per heavy atom. The van der Waals surface area contributed by atoms with E-state index in [9.17, 15) is 10.2 Å². The Morgan fingerprint density at radius 3 is 2.47 bits per heavy atom. The van der Waals surface area contributed by atoms with E-state index in [1.54, 1.807) is 23.6 Å². The quantitative estimate of drug-likeness (QED) is 0.752. The van der Waals surface area contributed by atoms with Crippen LogP contribution >= 0.6 is 0 Å². The van der Waals surface area contributed by atoms with Gasteiger partial charge >= 0.3 is 6.01 Å². The summed E-state index contributed by atoms with van der Waals surface area (Å²) >= 11 is 0. The molecule has 1 atom stereocenters. The van der Waals surface area contributed by atoms with Crippen molar-refractivity contribution in [2.24, 2.45) is 5.73 Å². The highest BCUT2D eigenvalue weighted by Crippen LogP contribution is 2.26. The Morgan fingerprint density at radius 2 is 1.95 bits per heavy atom. The summed E-state index contributed by atoms with van der Waals surface area (Å²) in [4.78, 5) is 4.17. The van der Waals surface area contributed by atoms with Crippen LogP contribution in [-0.2, 0) is 13.2 Å². The van der Waals surface area contributed by atoms with Gasteiger partial charge in [-0.25, -0.2) is 0 Å². The molecule has 1 aromatic heterocycles. The molecule has 0 amide bonds. The summed E-state index contributed by atoms with van der Waals surface area (Å²) in [6.07, 6.45) is -0.423. The Kier molecular flexibility index (Phi) is 4.16. The molecule has 0 aliphatic heterocycles. The standard InChI is InChI=1S/C13H17N3O3/c1-9(14)16-12(8-18)11(7-17)15-13(16)19-10-5-3-2-4-6-10/h2-6,9,17-18H,7-8,14H2,1H3. The molecule has 2 rings (SSSR count). The maximum atomic E-state index is 9.38. The Labute approximate surface area is 111 Å². The number of aliphatic hydroxyl groups excluding tert-OH is 2. The second-order valence-corrected chi connectivity index (χ2v) is 4.13. The van der Waals surface area contributed by atoms with Crippen LogP contribution in [0.25, 0.3) is 0 Å². The van der Waals surface area contributed by atoms with Crippen molar-refractivity contribution in [2.75, 3.05) is 0 Å². The number of hydrogen-bond acceptors (Lipinski definition) is 5. The number of ether oxygens (including phenoxy) is 1. The van der Waals surface area contributed by atoms with Gasteiger partial charge in [-0.2, -0.15) is 4.98 Å². The van der Waals surface area contributed by atoms with Crippen LogP contribution in [0.5, 0.6) is 11.8 Å². The van der Waals surface area contributed by atoms with Crippen LogP contribution in [-0.4, -0.2) is 19.8 Å². The van der Waals surface area contributed by atoms with Crippen LogP contribution in [0.2, 0.25) is 0 Å². The van der Waals surface area contributed by atoms with Crippen LogP contribution in [0.3, 0.4) is 0 Å². The van der Waals surface area contributed by atoms with Gasteiger partial charge in [-0.3, -0.25) is 4.57 Å². The lowest BCUT2D eigenvalue weighted by molar-refractivity contribution is 0.247. The van der Waals surface area contributed by atoms with Gasteiger partial charge in [0.15, 0.2) is 0 Å². The molecule has 0 spiro atoms. The lowest BCUT2D eigenvalue weighted by Crippen LogP contribution is -2.18. The van der Waals surface area contributed by atoms with E-state index in [-0.39, 0.29) is 19.2 Å². The first-order valence-electron chi connectivity index (χ1n) is 5.97. The van der Waals surface area contributed by atoms with Crippen molar-refractivity contribution in [2.45, 2.75) is 26.3 Å². The van der Waals surface area contributed by atoms with Crippen molar-refractivity contribution < 1.29 is 14.9 Å². The van der Waals surface area contributed by atoms with Gasteiger partial charge in [0, 0.05) is 0 Å². The van der Waals surface area contributed by atoms with Crippen molar-refractivity contribution in [1.82, 2.24) is 9.55 Å². The van der Waals surface area contributed by atoms with E-state index in [1.807, 2.05) is 18.2 Å². The highest BCUT2D eigenvalue weighted by Gasteiger charge is 2.19. The lowest BCUT2D eigenvalue weighted by Gasteiger charge is -2.14. The Hall–Kier alpha value is -1.89. The van der Waals surface area contributed by atoms with Gasteiger partial charge in [-0.1, -0.05) is 18.2 Å². The van der Waals surface area contributed by atoms with Gasteiger partial charge in [-0.05, 0) is 19.1 Å². The normalized spacial score (nSPS) is 12.4. The summed E-state index contributed by atoms with van der Waals surface area (Å²) in [5.41, 5.74) is 6.69. The monoisotopic (exact) mass is 263 g/mol. The van der Waals surface area contributed by atoms with E-state index in [1.165, 1.54) is 0 Å². The van der Waals surface area contributed by atoms with Crippen LogP contribution in [0.4, 0.5) is 0 Å². The highest BCUT2D eigenvalue weighted by molar-refractivity contribution is 5.27. The predicted molar refractivity (Wildman–Crippen MR) is 69.5 cm³/mol. The number of aromatic nitrogens is 2. The second-order valence-electron chi connectivity index (χ2n) is 4.13. The fraction of sp³-hybridized carbons (Fsp3) is 0.308. The third kappa shape index (κ3) is 2.76. The zero-order valence-corrected chi connectivity index (χ0v) is 10.7. The summed E-state index contributed by atoms with van der Waals surface area (Å²) in [6, 6.07) is 9.40. The van der Waals surface area contributed by atoms with E-state index < -0.39 is 6.17 Å². The maximum Gasteiger partial charge on any atom is 0.303 e. The molecule has 1 unspecified atom stereocenters. The molecule has 0 aliphatic carbocycles. The smallest absolute Gasteiger partial charge is 0.303 e. The molecule has 19 heavy (non-hydrogen) atoms. The molecule has 102 valence electrons. The number of benzene rings is 1. The SMILES string of the molecule is CC(N)n1c(Oc2ccccc2)nc(CO)c1CO. The summed E-state index contributed by atoms with van der Waals surface area (Å²) in [5.74, 6) is 0.614. The first-order valence-corrected chi connectivity index (χ1v) is 5.97. The van der Waals surface area contributed by atoms with Crippen LogP contribution < -0.4 is 10.5 Å². The van der Waals surface area contributed by atoms with Crippen molar-refractivity contribution in [3.05, 3.63) is 41.7 Å². The van der Waals surface area contributed by atoms with Crippen molar-refractivity contribution in [3.63, 3.8) is 0 Å². The Bertz CT molecular complexity index is 538. The minimum atomic E-state index is -0.423. The van der Waals surface area contributed by atoms with Crippen LogP contribution in [0.1, 0.15) is 24.5 Å². The molecule has 0 aliphatic rings. The first-order chi connectivity index (χ1) is 9.17. The molecular formula is C13H17N3O3. The van der Waals surface area contributed by atoms with E-state index in [4.69, 9.17) is 10.5 Å². The van der Waals surface area contributed by atoms with Gasteiger partial charge in [0.1, 0.15) is 5.75 Å². The topological polar surface area (TPSA) is 93.5 Å². The van der Waals surface area contributed by atoms with Crippen molar-refractivity contribution >= 4 is 0 Å². The average molecular weight is 263 g/mol. The van der Waals surface area contributed by atoms with Gasteiger partial charge < -0.3 is 20.7 Å². The number of nitrogens with two attached hydrogens (primary N) is 1. The second kappa shape index (κ2) is 5.83. The number of imidazole rings is 1. The highest BCUT2D eigenvalue weighted by atomic mass is 16.5. The molecule has 6 nitrogen and oxygen atoms in total. The van der Waals surface area contributed by atoms with E-state index in [2.05, 4.69) is 4.98 Å². The minimum absolute atomic E-state index is 0.259. The zero-order chi connectivity index (χ0) is 13.8. The van der Waals surface area contributed by atoms with E-state index >= 15 is 0 Å². The van der Waals surface area contributed by atoms with Gasteiger partial charge in [0.05, 0.1) is 30.8 Å². The molecule has 0 saturated carbocycles. The number of aliphatic hydroxyl groups is 2. The summed E-state index contributed by atoms with van der Waals surface area (Å²) in [7, 11) is 0. The predicted octanol–water partition coefficient (Wildman–Crippen LogP) is 1.14. The van der Waals surface area contributed by atoms with E-state index in [0.29, 0.717) is 17.1 Å². The third-order valence-electron chi connectivity index (χ3n) is 2.72. The van der Waals surface area contributed by atoms with Crippen LogP contribution in [0.15, 0.2) is 30.3 Å². The van der Waals surface area contributed by atoms with Gasteiger partial charge in [-0.15, -0.1) is 0 Å². The van der Waals surface area contributed by atoms with Gasteiger partial charge in [0.25, 0.3) is 0 Å². The molecule has 0 radical (unpaired) electrons. The zero-order valence-electron chi connectivity index (χ0n) is 10.7. The molecule has 1 aromatic carbocycles. The van der Waals surface area contributed by atoms with Crippen LogP contribution in [0, 0.1) is 0 Å². The minimum Gasteiger partial charge on any atom is -0.425 e. The molecule has 1 heterocycles. The molecular weight excluding hydrogens is 246 g/mol. The molecule has 0 fully saturated rings. The summed E-state index contributed by atoms with van der Waals surface area (Å²) in [5, 5.41) is 18.6. The Balaban J connectivity index is 2.42. The fourth-order valence-corrected chi connectivity index (χ4v) is 1.87. The molecule has 0 bridgehead atoms. The average Bonchev–Trinajstić information content (AvgIpc) is 2.77. The molecule has 2 aromatic rings.